The number of nitrogens with zero attached hydrogens (tertiary/aromatic N) is 3. The Bertz CT molecular complexity index is 664. The second-order valence-corrected chi connectivity index (χ2v) is 5.53. The molecule has 2 rings (SSSR count). The number of nitriles is 1. The summed E-state index contributed by atoms with van der Waals surface area (Å²) >= 11 is 1.48. The number of benzene rings is 1. The van der Waals surface area contributed by atoms with Gasteiger partial charge in [0.2, 0.25) is 0 Å². The van der Waals surface area contributed by atoms with Crippen molar-refractivity contribution in [2.75, 3.05) is 11.6 Å². The fraction of sp³-hybridized carbons (Fsp3) is 0.250. The molecule has 1 aromatic carbocycles. The summed E-state index contributed by atoms with van der Waals surface area (Å²) in [5.41, 5.74) is 6.94. The number of aromatic nitrogens is 1. The van der Waals surface area contributed by atoms with Gasteiger partial charge in [-0.3, -0.25) is 5.01 Å². The van der Waals surface area contributed by atoms with Gasteiger partial charge in [-0.25, -0.2) is 4.98 Å². The first kappa shape index (κ1) is 15.1. The van der Waals surface area contributed by atoms with Crippen LogP contribution in [0.1, 0.15) is 23.2 Å². The highest BCUT2D eigenvalue weighted by Crippen LogP contribution is 2.18. The zero-order valence-corrected chi connectivity index (χ0v) is 13.2. The third-order valence-corrected chi connectivity index (χ3v) is 3.99. The minimum absolute atomic E-state index is 0.540. The Hall–Kier alpha value is -2.32. The van der Waals surface area contributed by atoms with Gasteiger partial charge >= 0.3 is 0 Å². The molecular weight excluding hydrogens is 280 g/mol. The quantitative estimate of drug-likeness (QED) is 0.676. The first-order valence-corrected chi connectivity index (χ1v) is 7.65. The highest BCUT2D eigenvalue weighted by molar-refractivity contribution is 7.10. The van der Waals surface area contributed by atoms with E-state index in [-0.39, 0.29) is 0 Å². The van der Waals surface area contributed by atoms with Crippen molar-refractivity contribution >= 4 is 22.6 Å². The lowest BCUT2D eigenvalue weighted by molar-refractivity contribution is 0.764. The van der Waals surface area contributed by atoms with Gasteiger partial charge in [-0.1, -0.05) is 17.7 Å². The molecule has 4 nitrogen and oxygen atoms in total. The minimum atomic E-state index is 0.540. The number of hydrogen-bond donors (Lipinski definition) is 1. The van der Waals surface area contributed by atoms with E-state index in [9.17, 15) is 5.26 Å². The van der Waals surface area contributed by atoms with E-state index in [1.807, 2.05) is 17.3 Å². The molecule has 2 aromatic rings. The molecule has 0 saturated heterocycles. The van der Waals surface area contributed by atoms with Gasteiger partial charge in [0.1, 0.15) is 16.6 Å². The smallest absolute Gasteiger partial charge is 0.135 e. The number of nitrogens with one attached hydrogen (secondary N) is 1. The van der Waals surface area contributed by atoms with E-state index < -0.39 is 0 Å². The molecule has 0 atom stereocenters. The molecular formula is C16H18N4S. The highest BCUT2D eigenvalue weighted by atomic mass is 32.1. The van der Waals surface area contributed by atoms with E-state index in [1.54, 1.807) is 6.20 Å². The van der Waals surface area contributed by atoms with Crippen LogP contribution in [0.2, 0.25) is 0 Å². The molecule has 5 heteroatoms. The van der Waals surface area contributed by atoms with Crippen LogP contribution in [0.4, 0.5) is 5.69 Å². The molecule has 1 aromatic heterocycles. The van der Waals surface area contributed by atoms with Crippen molar-refractivity contribution in [3.8, 4) is 6.07 Å². The van der Waals surface area contributed by atoms with Gasteiger partial charge in [0.15, 0.2) is 0 Å². The Kier molecular flexibility index (Phi) is 4.96. The first-order valence-electron chi connectivity index (χ1n) is 6.77. The monoisotopic (exact) mass is 298 g/mol. The molecule has 0 bridgehead atoms. The third-order valence-electron chi connectivity index (χ3n) is 3.00. The number of thiazole rings is 1. The summed E-state index contributed by atoms with van der Waals surface area (Å²) in [6.45, 7) is 6.83. The lowest BCUT2D eigenvalue weighted by Crippen LogP contribution is -2.34. The van der Waals surface area contributed by atoms with Crippen molar-refractivity contribution in [2.24, 2.45) is 0 Å². The summed E-state index contributed by atoms with van der Waals surface area (Å²) in [4.78, 5) is 4.34. The second kappa shape index (κ2) is 6.91. The molecule has 21 heavy (non-hydrogen) atoms. The van der Waals surface area contributed by atoms with E-state index in [2.05, 4.69) is 54.6 Å². The first-order chi connectivity index (χ1) is 10.1. The largest absolute Gasteiger partial charge is 0.304 e. The fourth-order valence-corrected chi connectivity index (χ4v) is 2.60. The molecule has 0 aliphatic rings. The summed E-state index contributed by atoms with van der Waals surface area (Å²) in [6, 6.07) is 10.4. The van der Waals surface area contributed by atoms with Crippen LogP contribution in [0.5, 0.6) is 0 Å². The number of hydrazine groups is 1. The van der Waals surface area contributed by atoms with Crippen molar-refractivity contribution in [3.63, 3.8) is 0 Å². The van der Waals surface area contributed by atoms with Crippen LogP contribution >= 0.6 is 11.3 Å². The summed E-state index contributed by atoms with van der Waals surface area (Å²) in [6.07, 6.45) is 1.71. The van der Waals surface area contributed by atoms with E-state index in [0.29, 0.717) is 5.57 Å². The van der Waals surface area contributed by atoms with Gasteiger partial charge < -0.3 is 5.43 Å². The van der Waals surface area contributed by atoms with E-state index in [4.69, 9.17) is 0 Å². The zero-order valence-electron chi connectivity index (χ0n) is 12.4. The van der Waals surface area contributed by atoms with Crippen LogP contribution in [0.3, 0.4) is 0 Å². The van der Waals surface area contributed by atoms with Gasteiger partial charge in [-0.05, 0) is 32.9 Å². The van der Waals surface area contributed by atoms with Crippen LogP contribution in [0.15, 0.2) is 35.8 Å². The fourth-order valence-electron chi connectivity index (χ4n) is 1.84. The van der Waals surface area contributed by atoms with Crippen LogP contribution in [0.25, 0.3) is 5.57 Å². The van der Waals surface area contributed by atoms with E-state index in [1.165, 1.54) is 16.9 Å². The number of allylic oxidation sites excluding steroid dienone is 1. The molecule has 0 amide bonds. The van der Waals surface area contributed by atoms with Crippen molar-refractivity contribution < 1.29 is 0 Å². The lowest BCUT2D eigenvalue weighted by Gasteiger charge is -2.23. The molecule has 1 N–H and O–H groups in total. The molecule has 0 fully saturated rings. The van der Waals surface area contributed by atoms with Crippen LogP contribution in [-0.4, -0.2) is 11.5 Å². The molecule has 0 unspecified atom stereocenters. The number of anilines is 1. The average molecular weight is 298 g/mol. The van der Waals surface area contributed by atoms with Crippen molar-refractivity contribution in [3.05, 3.63) is 52.1 Å². The van der Waals surface area contributed by atoms with Crippen LogP contribution in [0, 0.1) is 25.2 Å². The maximum Gasteiger partial charge on any atom is 0.135 e. The van der Waals surface area contributed by atoms with Gasteiger partial charge in [0, 0.05) is 23.8 Å². The van der Waals surface area contributed by atoms with E-state index in [0.717, 1.165) is 22.9 Å². The summed E-state index contributed by atoms with van der Waals surface area (Å²) in [7, 11) is 0. The van der Waals surface area contributed by atoms with Crippen LogP contribution < -0.4 is 10.4 Å². The van der Waals surface area contributed by atoms with Gasteiger partial charge in [0.25, 0.3) is 0 Å². The SMILES string of the molecule is CCN(N/C=C(\C#N)c1nc(C)cs1)c1ccc(C)cc1. The maximum absolute atomic E-state index is 9.27. The minimum Gasteiger partial charge on any atom is -0.304 e. The summed E-state index contributed by atoms with van der Waals surface area (Å²) < 4.78 is 0. The molecule has 0 spiro atoms. The van der Waals surface area contributed by atoms with Crippen molar-refractivity contribution in [1.29, 1.82) is 5.26 Å². The predicted molar refractivity (Wildman–Crippen MR) is 87.8 cm³/mol. The number of hydrogen-bond acceptors (Lipinski definition) is 5. The molecule has 1 heterocycles. The number of rotatable bonds is 5. The highest BCUT2D eigenvalue weighted by Gasteiger charge is 2.07. The Morgan fingerprint density at radius 1 is 1.38 bits per heavy atom. The van der Waals surface area contributed by atoms with Crippen molar-refractivity contribution in [2.45, 2.75) is 20.8 Å². The Balaban J connectivity index is 2.16. The molecule has 108 valence electrons. The standard InChI is InChI=1S/C16H18N4S/c1-4-20(15-7-5-12(2)6-8-15)18-10-14(9-17)16-19-13(3)11-21-16/h5-8,10-11,18H,4H2,1-3H3/b14-10+. The van der Waals surface area contributed by atoms with E-state index >= 15 is 0 Å². The zero-order chi connectivity index (χ0) is 15.2. The topological polar surface area (TPSA) is 52.0 Å². The third kappa shape index (κ3) is 3.83. The maximum atomic E-state index is 9.27. The van der Waals surface area contributed by atoms with Gasteiger partial charge in [-0.2, -0.15) is 5.26 Å². The molecule has 0 saturated carbocycles. The van der Waals surface area contributed by atoms with Gasteiger partial charge in [-0.15, -0.1) is 11.3 Å². The molecule has 0 radical (unpaired) electrons. The van der Waals surface area contributed by atoms with Gasteiger partial charge in [0.05, 0.1) is 5.69 Å². The van der Waals surface area contributed by atoms with Crippen molar-refractivity contribution in [1.82, 2.24) is 10.4 Å². The Morgan fingerprint density at radius 2 is 2.10 bits per heavy atom. The normalized spacial score (nSPS) is 11.0. The lowest BCUT2D eigenvalue weighted by atomic mass is 10.2. The Labute approximate surface area is 129 Å². The van der Waals surface area contributed by atoms with Crippen LogP contribution in [-0.2, 0) is 0 Å². The Morgan fingerprint density at radius 3 is 2.62 bits per heavy atom. The summed E-state index contributed by atoms with van der Waals surface area (Å²) in [5, 5.41) is 13.9. The number of aryl methyl sites for hydroxylation is 2. The predicted octanol–water partition coefficient (Wildman–Crippen LogP) is 3.66. The summed E-state index contributed by atoms with van der Waals surface area (Å²) in [5.74, 6) is 0. The average Bonchev–Trinajstić information content (AvgIpc) is 2.91. The molecule has 0 aliphatic carbocycles. The second-order valence-electron chi connectivity index (χ2n) is 4.67. The molecule has 0 aliphatic heterocycles.